The molecule has 2 aromatic rings. The van der Waals surface area contributed by atoms with Gasteiger partial charge in [0, 0.05) is 5.69 Å². The van der Waals surface area contributed by atoms with Crippen LogP contribution in [-0.2, 0) is 20.8 Å². The monoisotopic (exact) mass is 342 g/mol. The van der Waals surface area contributed by atoms with Crippen molar-refractivity contribution in [2.45, 2.75) is 6.42 Å². The Morgan fingerprint density at radius 1 is 0.920 bits per heavy atom. The number of amides is 2. The van der Waals surface area contributed by atoms with E-state index < -0.39 is 11.9 Å². The van der Waals surface area contributed by atoms with Crippen molar-refractivity contribution in [2.75, 3.05) is 18.5 Å². The molecule has 0 radical (unpaired) electrons. The van der Waals surface area contributed by atoms with Crippen molar-refractivity contribution in [3.63, 3.8) is 0 Å². The van der Waals surface area contributed by atoms with Crippen LogP contribution in [0.15, 0.2) is 54.6 Å². The van der Waals surface area contributed by atoms with Gasteiger partial charge in [-0.15, -0.1) is 0 Å². The van der Waals surface area contributed by atoms with Gasteiger partial charge >= 0.3 is 5.97 Å². The summed E-state index contributed by atoms with van der Waals surface area (Å²) in [5.41, 5.74) is 1.16. The first-order valence-electron chi connectivity index (χ1n) is 7.58. The summed E-state index contributed by atoms with van der Waals surface area (Å²) >= 11 is 0. The van der Waals surface area contributed by atoms with Crippen molar-refractivity contribution >= 4 is 23.5 Å². The lowest BCUT2D eigenvalue weighted by atomic mass is 10.1. The Balaban J connectivity index is 1.71. The number of benzene rings is 2. The quantitative estimate of drug-likeness (QED) is 0.673. The highest BCUT2D eigenvalue weighted by atomic mass is 16.5. The van der Waals surface area contributed by atoms with E-state index >= 15 is 0 Å². The third-order valence-corrected chi connectivity index (χ3v) is 3.15. The van der Waals surface area contributed by atoms with E-state index in [2.05, 4.69) is 10.6 Å². The fraction of sp³-hybridized carbons (Fsp3) is 0.167. The molecule has 0 fully saturated rings. The van der Waals surface area contributed by atoms with E-state index in [1.807, 2.05) is 6.07 Å². The van der Waals surface area contributed by atoms with Crippen LogP contribution in [0.1, 0.15) is 5.56 Å². The third kappa shape index (κ3) is 6.74. The minimum absolute atomic E-state index is 0.0777. The van der Waals surface area contributed by atoms with Crippen molar-refractivity contribution in [1.82, 2.24) is 5.32 Å². The first-order chi connectivity index (χ1) is 12.0. The minimum atomic E-state index is -0.919. The number of hydrogen-bond donors (Lipinski definition) is 3. The molecule has 7 nitrogen and oxygen atoms in total. The predicted octanol–water partition coefficient (Wildman–Crippen LogP) is 1.45. The number of ether oxygens (including phenoxy) is 1. The Morgan fingerprint density at radius 3 is 2.24 bits per heavy atom. The van der Waals surface area contributed by atoms with Gasteiger partial charge in [0.15, 0.2) is 6.61 Å². The first-order valence-corrected chi connectivity index (χ1v) is 7.58. The minimum Gasteiger partial charge on any atom is -0.484 e. The smallest absolute Gasteiger partial charge is 0.307 e. The lowest BCUT2D eigenvalue weighted by Gasteiger charge is -2.08. The number of carbonyl (C=O) groups is 3. The Hall–Kier alpha value is -3.35. The summed E-state index contributed by atoms with van der Waals surface area (Å²) in [5.74, 6) is -1.14. The van der Waals surface area contributed by atoms with Crippen LogP contribution in [0.25, 0.3) is 0 Å². The van der Waals surface area contributed by atoms with Gasteiger partial charge in [-0.3, -0.25) is 14.4 Å². The molecular formula is C18H18N2O5. The molecule has 0 saturated heterocycles. The molecule has 2 rings (SSSR count). The van der Waals surface area contributed by atoms with Gasteiger partial charge in [-0.25, -0.2) is 0 Å². The normalized spacial score (nSPS) is 9.92. The largest absolute Gasteiger partial charge is 0.484 e. The number of nitrogens with one attached hydrogen (secondary N) is 2. The van der Waals surface area contributed by atoms with Gasteiger partial charge in [-0.1, -0.05) is 30.3 Å². The standard InChI is InChI=1S/C18H18N2O5/c21-16(20-14-8-6-13(7-9-14)10-18(23)24)11-19-17(22)12-25-15-4-2-1-3-5-15/h1-9H,10-12H2,(H,19,22)(H,20,21)(H,23,24). The average molecular weight is 342 g/mol. The van der Waals surface area contributed by atoms with E-state index in [4.69, 9.17) is 9.84 Å². The van der Waals surface area contributed by atoms with Crippen molar-refractivity contribution in [3.05, 3.63) is 60.2 Å². The van der Waals surface area contributed by atoms with Crippen LogP contribution in [0.5, 0.6) is 5.75 Å². The summed E-state index contributed by atoms with van der Waals surface area (Å²) in [6.45, 7) is -0.366. The molecular weight excluding hydrogens is 324 g/mol. The number of rotatable bonds is 8. The summed E-state index contributed by atoms with van der Waals surface area (Å²) < 4.78 is 5.27. The summed E-state index contributed by atoms with van der Waals surface area (Å²) in [5, 5.41) is 13.8. The molecule has 0 aliphatic heterocycles. The topological polar surface area (TPSA) is 105 Å². The van der Waals surface area contributed by atoms with Crippen LogP contribution >= 0.6 is 0 Å². The third-order valence-electron chi connectivity index (χ3n) is 3.15. The zero-order chi connectivity index (χ0) is 18.1. The van der Waals surface area contributed by atoms with Gasteiger partial charge in [0.25, 0.3) is 5.91 Å². The highest BCUT2D eigenvalue weighted by molar-refractivity contribution is 5.94. The van der Waals surface area contributed by atoms with Gasteiger partial charge in [-0.2, -0.15) is 0 Å². The number of hydrogen-bond acceptors (Lipinski definition) is 4. The molecule has 25 heavy (non-hydrogen) atoms. The van der Waals surface area contributed by atoms with Gasteiger partial charge in [0.1, 0.15) is 5.75 Å². The molecule has 0 aliphatic carbocycles. The Morgan fingerprint density at radius 2 is 1.60 bits per heavy atom. The summed E-state index contributed by atoms with van der Waals surface area (Å²) in [6, 6.07) is 15.3. The Labute approximate surface area is 144 Å². The summed E-state index contributed by atoms with van der Waals surface area (Å²) in [6.07, 6.45) is -0.0777. The predicted molar refractivity (Wildman–Crippen MR) is 91.4 cm³/mol. The molecule has 0 atom stereocenters. The van der Waals surface area contributed by atoms with E-state index in [0.717, 1.165) is 0 Å². The van der Waals surface area contributed by atoms with Crippen LogP contribution in [0.3, 0.4) is 0 Å². The van der Waals surface area contributed by atoms with E-state index in [1.54, 1.807) is 48.5 Å². The van der Waals surface area contributed by atoms with Crippen molar-refractivity contribution in [1.29, 1.82) is 0 Å². The SMILES string of the molecule is O=C(O)Cc1ccc(NC(=O)CNC(=O)COc2ccccc2)cc1. The molecule has 2 amide bonds. The lowest BCUT2D eigenvalue weighted by Crippen LogP contribution is -2.35. The second-order valence-electron chi connectivity index (χ2n) is 5.19. The van der Waals surface area contributed by atoms with Gasteiger partial charge in [-0.05, 0) is 29.8 Å². The van der Waals surface area contributed by atoms with E-state index in [1.165, 1.54) is 0 Å². The Bertz CT molecular complexity index is 729. The molecule has 0 bridgehead atoms. The molecule has 3 N–H and O–H groups in total. The van der Waals surface area contributed by atoms with E-state index in [9.17, 15) is 14.4 Å². The number of carboxylic acid groups (broad SMARTS) is 1. The maximum atomic E-state index is 11.8. The first kappa shape index (κ1) is 18.0. The van der Waals surface area contributed by atoms with Crippen LogP contribution in [-0.4, -0.2) is 36.0 Å². The molecule has 0 aliphatic rings. The van der Waals surface area contributed by atoms with Crippen molar-refractivity contribution in [2.24, 2.45) is 0 Å². The number of anilines is 1. The number of carboxylic acids is 1. The van der Waals surface area contributed by atoms with Gasteiger partial charge < -0.3 is 20.5 Å². The average Bonchev–Trinajstić information content (AvgIpc) is 2.60. The van der Waals surface area contributed by atoms with Gasteiger partial charge in [0.2, 0.25) is 5.91 Å². The zero-order valence-electron chi connectivity index (χ0n) is 13.4. The Kier molecular flexibility index (Phi) is 6.53. The van der Waals surface area contributed by atoms with Crippen molar-refractivity contribution < 1.29 is 24.2 Å². The molecule has 0 spiro atoms. The van der Waals surface area contributed by atoms with E-state index in [0.29, 0.717) is 17.0 Å². The summed E-state index contributed by atoms with van der Waals surface area (Å²) in [7, 11) is 0. The molecule has 0 aromatic heterocycles. The van der Waals surface area contributed by atoms with Crippen LogP contribution in [0, 0.1) is 0 Å². The van der Waals surface area contributed by atoms with Crippen LogP contribution in [0.2, 0.25) is 0 Å². The fourth-order valence-corrected chi connectivity index (χ4v) is 1.98. The number of carbonyl (C=O) groups excluding carboxylic acids is 2. The molecule has 0 saturated carbocycles. The second-order valence-corrected chi connectivity index (χ2v) is 5.19. The summed E-state index contributed by atoms with van der Waals surface area (Å²) in [4.78, 5) is 34.0. The second kappa shape index (κ2) is 9.07. The fourth-order valence-electron chi connectivity index (χ4n) is 1.98. The van der Waals surface area contributed by atoms with Crippen molar-refractivity contribution in [3.8, 4) is 5.75 Å². The maximum absolute atomic E-state index is 11.8. The van der Waals surface area contributed by atoms with E-state index in [-0.39, 0.29) is 25.5 Å². The molecule has 130 valence electrons. The number of para-hydroxylation sites is 1. The number of aliphatic carboxylic acids is 1. The molecule has 0 unspecified atom stereocenters. The maximum Gasteiger partial charge on any atom is 0.307 e. The molecule has 0 heterocycles. The van der Waals surface area contributed by atoms with Crippen LogP contribution < -0.4 is 15.4 Å². The lowest BCUT2D eigenvalue weighted by molar-refractivity contribution is -0.136. The van der Waals surface area contributed by atoms with Gasteiger partial charge in [0.05, 0.1) is 13.0 Å². The van der Waals surface area contributed by atoms with Crippen LogP contribution in [0.4, 0.5) is 5.69 Å². The molecule has 7 heteroatoms. The molecule has 2 aromatic carbocycles. The highest BCUT2D eigenvalue weighted by Gasteiger charge is 2.07. The zero-order valence-corrected chi connectivity index (χ0v) is 13.4. The highest BCUT2D eigenvalue weighted by Crippen LogP contribution is 2.10.